The number of H-pyrrole nitrogens is 1. The van der Waals surface area contributed by atoms with Gasteiger partial charge in [0.1, 0.15) is 11.6 Å². The van der Waals surface area contributed by atoms with Crippen molar-refractivity contribution in [3.05, 3.63) is 71.9 Å². The summed E-state index contributed by atoms with van der Waals surface area (Å²) in [5.74, 6) is -1.28. The monoisotopic (exact) mass is 602 g/mol. The number of carboxylic acid groups (broad SMARTS) is 1. The van der Waals surface area contributed by atoms with Crippen molar-refractivity contribution in [3.8, 4) is 0 Å². The highest BCUT2D eigenvalue weighted by molar-refractivity contribution is 5.89. The standard InChI is InChI=1S/C34H42N4O6/c1-33(2,3)44-32(43)36-28(21-24-22-35-27-12-8-7-11-26(24)27)30(40)37-17-13-23(14-18-37)29(39)38-19-15-34(16-20-38,31(41)42)25-9-5-4-6-10-25/h4-12,22-23,28,35H,13-21H2,1-3H3,(H,36,43)(H,41,42). The van der Waals surface area contributed by atoms with E-state index in [4.69, 9.17) is 4.74 Å². The number of nitrogens with one attached hydrogen (secondary N) is 2. The fourth-order valence-electron chi connectivity index (χ4n) is 6.49. The van der Waals surface area contributed by atoms with Crippen LogP contribution in [-0.4, -0.2) is 81.6 Å². The van der Waals surface area contributed by atoms with E-state index in [2.05, 4.69) is 10.3 Å². The predicted molar refractivity (Wildman–Crippen MR) is 166 cm³/mol. The van der Waals surface area contributed by atoms with Gasteiger partial charge < -0.3 is 29.9 Å². The van der Waals surface area contributed by atoms with Gasteiger partial charge in [0.05, 0.1) is 5.41 Å². The first-order valence-corrected chi connectivity index (χ1v) is 15.4. The van der Waals surface area contributed by atoms with E-state index >= 15 is 0 Å². The third-order valence-corrected chi connectivity index (χ3v) is 8.91. The summed E-state index contributed by atoms with van der Waals surface area (Å²) in [4.78, 5) is 59.1. The maximum atomic E-state index is 13.8. The molecule has 0 radical (unpaired) electrons. The maximum absolute atomic E-state index is 13.8. The van der Waals surface area contributed by atoms with Crippen LogP contribution in [0, 0.1) is 5.92 Å². The lowest BCUT2D eigenvalue weighted by Gasteiger charge is -2.41. The number of likely N-dealkylation sites (tertiary alicyclic amines) is 2. The first kappa shape index (κ1) is 31.1. The highest BCUT2D eigenvalue weighted by atomic mass is 16.6. The first-order chi connectivity index (χ1) is 21.0. The third-order valence-electron chi connectivity index (χ3n) is 8.91. The number of aromatic amines is 1. The number of carbonyl (C=O) groups excluding carboxylic acids is 3. The third kappa shape index (κ3) is 6.74. The van der Waals surface area contributed by atoms with Gasteiger partial charge in [-0.25, -0.2) is 4.79 Å². The van der Waals surface area contributed by atoms with Crippen LogP contribution in [-0.2, 0) is 31.0 Å². The average Bonchev–Trinajstić information content (AvgIpc) is 3.42. The lowest BCUT2D eigenvalue weighted by atomic mass is 9.72. The van der Waals surface area contributed by atoms with Crippen molar-refractivity contribution >= 4 is 34.8 Å². The van der Waals surface area contributed by atoms with Gasteiger partial charge in [0.2, 0.25) is 11.8 Å². The number of amides is 3. The van der Waals surface area contributed by atoms with E-state index in [1.54, 1.807) is 30.6 Å². The fourth-order valence-corrected chi connectivity index (χ4v) is 6.49. The van der Waals surface area contributed by atoms with E-state index in [9.17, 15) is 24.3 Å². The van der Waals surface area contributed by atoms with Crippen LogP contribution in [0.3, 0.4) is 0 Å². The van der Waals surface area contributed by atoms with Crippen molar-refractivity contribution in [2.45, 2.75) is 69.9 Å². The molecule has 3 amide bonds. The molecule has 1 atom stereocenters. The Kier molecular flexibility index (Phi) is 8.99. The molecular weight excluding hydrogens is 560 g/mol. The summed E-state index contributed by atoms with van der Waals surface area (Å²) in [5, 5.41) is 13.9. The largest absolute Gasteiger partial charge is 0.481 e. The molecule has 1 unspecified atom stereocenters. The zero-order valence-electron chi connectivity index (χ0n) is 25.7. The van der Waals surface area contributed by atoms with Crippen LogP contribution >= 0.6 is 0 Å². The van der Waals surface area contributed by atoms with Gasteiger partial charge in [0.15, 0.2) is 0 Å². The van der Waals surface area contributed by atoms with Crippen LogP contribution in [0.15, 0.2) is 60.8 Å². The molecule has 3 heterocycles. The average molecular weight is 603 g/mol. The van der Waals surface area contributed by atoms with Gasteiger partial charge in [-0.15, -0.1) is 0 Å². The molecule has 10 heteroatoms. The zero-order valence-corrected chi connectivity index (χ0v) is 25.7. The van der Waals surface area contributed by atoms with Crippen LogP contribution in [0.1, 0.15) is 57.6 Å². The quantitative estimate of drug-likeness (QED) is 0.365. The molecule has 0 bridgehead atoms. The maximum Gasteiger partial charge on any atom is 0.408 e. The smallest absolute Gasteiger partial charge is 0.408 e. The molecular formula is C34H42N4O6. The van der Waals surface area contributed by atoms with Gasteiger partial charge in [-0.3, -0.25) is 14.4 Å². The van der Waals surface area contributed by atoms with Crippen LogP contribution < -0.4 is 5.32 Å². The number of piperidine rings is 2. The van der Waals surface area contributed by atoms with Crippen LogP contribution in [0.25, 0.3) is 10.9 Å². The number of fused-ring (bicyclic) bond motifs is 1. The number of nitrogens with zero attached hydrogens (tertiary/aromatic N) is 2. The van der Waals surface area contributed by atoms with Crippen molar-refractivity contribution in [2.75, 3.05) is 26.2 Å². The molecule has 2 fully saturated rings. The van der Waals surface area contributed by atoms with E-state index in [0.29, 0.717) is 58.3 Å². The molecule has 0 spiro atoms. The van der Waals surface area contributed by atoms with Crippen molar-refractivity contribution < 1.29 is 29.0 Å². The molecule has 2 aliphatic rings. The minimum absolute atomic E-state index is 0.0198. The van der Waals surface area contributed by atoms with E-state index in [-0.39, 0.29) is 17.7 Å². The van der Waals surface area contributed by atoms with Gasteiger partial charge >= 0.3 is 12.1 Å². The summed E-state index contributed by atoms with van der Waals surface area (Å²) in [5.41, 5.74) is 0.935. The Balaban J connectivity index is 1.21. The van der Waals surface area contributed by atoms with Gasteiger partial charge in [-0.05, 0) is 63.6 Å². The second kappa shape index (κ2) is 12.7. The molecule has 44 heavy (non-hydrogen) atoms. The number of para-hydroxylation sites is 1. The second-order valence-electron chi connectivity index (χ2n) is 12.9. The van der Waals surface area contributed by atoms with Gasteiger partial charge in [-0.2, -0.15) is 0 Å². The summed E-state index contributed by atoms with van der Waals surface area (Å²) in [6.07, 6.45) is 3.25. The summed E-state index contributed by atoms with van der Waals surface area (Å²) in [6, 6.07) is 16.2. The number of ether oxygens (including phenoxy) is 1. The summed E-state index contributed by atoms with van der Waals surface area (Å²) in [7, 11) is 0. The fraction of sp³-hybridized carbons (Fsp3) is 0.471. The molecule has 10 nitrogen and oxygen atoms in total. The summed E-state index contributed by atoms with van der Waals surface area (Å²) in [6.45, 7) is 6.87. The Morgan fingerprint density at radius 2 is 1.59 bits per heavy atom. The molecule has 3 N–H and O–H groups in total. The lowest BCUT2D eigenvalue weighted by Crippen LogP contribution is -2.54. The summed E-state index contributed by atoms with van der Waals surface area (Å²) >= 11 is 0. The second-order valence-corrected chi connectivity index (χ2v) is 12.9. The molecule has 0 saturated carbocycles. The molecule has 234 valence electrons. The molecule has 1 aromatic heterocycles. The van der Waals surface area contributed by atoms with E-state index < -0.39 is 29.1 Å². The normalized spacial score (nSPS) is 18.1. The number of carbonyl (C=O) groups is 4. The van der Waals surface area contributed by atoms with Gasteiger partial charge in [0, 0.05) is 55.6 Å². The van der Waals surface area contributed by atoms with Crippen LogP contribution in [0.5, 0.6) is 0 Å². The lowest BCUT2D eigenvalue weighted by molar-refractivity contribution is -0.150. The van der Waals surface area contributed by atoms with Crippen molar-refractivity contribution in [1.29, 1.82) is 0 Å². The SMILES string of the molecule is CC(C)(C)OC(=O)NC(Cc1c[nH]c2ccccc12)C(=O)N1CCC(C(=O)N2CCC(C(=O)O)(c3ccccc3)CC2)CC1. The molecule has 2 saturated heterocycles. The molecule has 5 rings (SSSR count). The number of benzene rings is 2. The Bertz CT molecular complexity index is 1490. The predicted octanol–water partition coefficient (Wildman–Crippen LogP) is 4.49. The van der Waals surface area contributed by atoms with Crippen molar-refractivity contribution in [2.24, 2.45) is 5.92 Å². The number of hydrogen-bond acceptors (Lipinski definition) is 5. The number of aliphatic carboxylic acids is 1. The molecule has 2 aromatic carbocycles. The van der Waals surface area contributed by atoms with Crippen molar-refractivity contribution in [1.82, 2.24) is 20.1 Å². The molecule has 3 aromatic rings. The zero-order chi connectivity index (χ0) is 31.5. The van der Waals surface area contributed by atoms with Crippen LogP contribution in [0.4, 0.5) is 4.79 Å². The minimum atomic E-state index is -0.991. The highest BCUT2D eigenvalue weighted by Gasteiger charge is 2.45. The summed E-state index contributed by atoms with van der Waals surface area (Å²) < 4.78 is 5.47. The molecule has 2 aliphatic heterocycles. The van der Waals surface area contributed by atoms with E-state index in [1.165, 1.54) is 0 Å². The van der Waals surface area contributed by atoms with E-state index in [0.717, 1.165) is 22.0 Å². The number of aromatic nitrogens is 1. The Hall–Kier alpha value is -4.34. The minimum Gasteiger partial charge on any atom is -0.481 e. The molecule has 0 aliphatic carbocycles. The number of carboxylic acids is 1. The Morgan fingerprint density at radius 1 is 0.955 bits per heavy atom. The number of rotatable bonds is 7. The Morgan fingerprint density at radius 3 is 2.23 bits per heavy atom. The van der Waals surface area contributed by atoms with Gasteiger partial charge in [0.25, 0.3) is 0 Å². The first-order valence-electron chi connectivity index (χ1n) is 15.4. The number of alkyl carbamates (subject to hydrolysis) is 1. The Labute approximate surface area is 257 Å². The topological polar surface area (TPSA) is 132 Å². The van der Waals surface area contributed by atoms with Crippen molar-refractivity contribution in [3.63, 3.8) is 0 Å². The number of hydrogen-bond donors (Lipinski definition) is 3. The van der Waals surface area contributed by atoms with Crippen LogP contribution in [0.2, 0.25) is 0 Å². The highest BCUT2D eigenvalue weighted by Crippen LogP contribution is 2.37. The van der Waals surface area contributed by atoms with Gasteiger partial charge in [-0.1, -0.05) is 48.5 Å². The van der Waals surface area contributed by atoms with E-state index in [1.807, 2.05) is 60.8 Å².